The minimum Gasteiger partial charge on any atom is -0.350 e. The number of piperidine rings is 2. The average molecular weight is 413 g/mol. The Balaban J connectivity index is 1.17. The van der Waals surface area contributed by atoms with Gasteiger partial charge in [-0.2, -0.15) is 0 Å². The summed E-state index contributed by atoms with van der Waals surface area (Å²) in [6, 6.07) is 6.52. The molecule has 3 fully saturated rings. The van der Waals surface area contributed by atoms with Crippen molar-refractivity contribution in [1.82, 2.24) is 20.1 Å². The van der Waals surface area contributed by atoms with E-state index in [9.17, 15) is 4.79 Å². The minimum atomic E-state index is 0.131. The summed E-state index contributed by atoms with van der Waals surface area (Å²) in [7, 11) is 0. The first-order valence-electron chi connectivity index (χ1n) is 12.4. The number of hydrogen-bond donors (Lipinski definition) is 1. The zero-order valence-corrected chi connectivity index (χ0v) is 18.6. The number of rotatable bonds is 7. The molecule has 5 nitrogen and oxygen atoms in total. The Hall–Kier alpha value is -1.46. The van der Waals surface area contributed by atoms with Gasteiger partial charge in [-0.25, -0.2) is 0 Å². The molecular formula is C25H40N4O. The molecule has 1 saturated carbocycles. The highest BCUT2D eigenvalue weighted by molar-refractivity contribution is 5.78. The van der Waals surface area contributed by atoms with Gasteiger partial charge in [0.25, 0.3) is 0 Å². The molecule has 2 aliphatic heterocycles. The van der Waals surface area contributed by atoms with Crippen LogP contribution in [0, 0.1) is 11.8 Å². The zero-order valence-electron chi connectivity index (χ0n) is 18.6. The van der Waals surface area contributed by atoms with Crippen LogP contribution in [0.3, 0.4) is 0 Å². The van der Waals surface area contributed by atoms with E-state index >= 15 is 0 Å². The van der Waals surface area contributed by atoms with Gasteiger partial charge < -0.3 is 10.2 Å². The van der Waals surface area contributed by atoms with E-state index in [4.69, 9.17) is 0 Å². The molecule has 1 aromatic heterocycles. The lowest BCUT2D eigenvalue weighted by atomic mass is 9.86. The predicted molar refractivity (Wildman–Crippen MR) is 121 cm³/mol. The summed E-state index contributed by atoms with van der Waals surface area (Å²) in [6.07, 6.45) is 15.2. The standard InChI is InChI=1S/C25H40N4O/c30-25(27-19-23-10-4-5-14-26-23)22-9-6-15-29(20-22)24-12-17-28(18-13-24)16-11-21-7-2-1-3-8-21/h4-5,10,14,21-22,24H,1-3,6-9,11-13,15-20H2,(H,27,30)/t22-/m0/s1. The molecule has 0 unspecified atom stereocenters. The third kappa shape index (κ3) is 6.27. The fraction of sp³-hybridized carbons (Fsp3) is 0.760. The van der Waals surface area contributed by atoms with Gasteiger partial charge in [-0.15, -0.1) is 0 Å². The van der Waals surface area contributed by atoms with Gasteiger partial charge in [0.05, 0.1) is 18.2 Å². The van der Waals surface area contributed by atoms with Crippen molar-refractivity contribution in [2.45, 2.75) is 76.8 Å². The van der Waals surface area contributed by atoms with Gasteiger partial charge in [-0.05, 0) is 76.3 Å². The lowest BCUT2D eigenvalue weighted by Gasteiger charge is -2.42. The molecule has 3 aliphatic rings. The number of carbonyl (C=O) groups is 1. The van der Waals surface area contributed by atoms with Crippen molar-refractivity contribution in [3.8, 4) is 0 Å². The number of nitrogens with one attached hydrogen (secondary N) is 1. The van der Waals surface area contributed by atoms with Crippen molar-refractivity contribution in [2.24, 2.45) is 11.8 Å². The molecule has 1 amide bonds. The summed E-state index contributed by atoms with van der Waals surface area (Å²) in [5.74, 6) is 1.32. The zero-order chi connectivity index (χ0) is 20.6. The second-order valence-corrected chi connectivity index (χ2v) is 9.74. The normalized spacial score (nSPS) is 25.3. The number of amides is 1. The van der Waals surface area contributed by atoms with Crippen molar-refractivity contribution in [3.63, 3.8) is 0 Å². The molecule has 1 N–H and O–H groups in total. The third-order valence-electron chi connectivity index (χ3n) is 7.65. The van der Waals surface area contributed by atoms with Crippen LogP contribution in [0.1, 0.15) is 69.9 Å². The number of carbonyl (C=O) groups excluding carboxylic acids is 1. The maximum Gasteiger partial charge on any atom is 0.224 e. The molecule has 3 heterocycles. The van der Waals surface area contributed by atoms with Crippen molar-refractivity contribution in [1.29, 1.82) is 0 Å². The Morgan fingerprint density at radius 3 is 2.60 bits per heavy atom. The number of likely N-dealkylation sites (tertiary alicyclic amines) is 2. The van der Waals surface area contributed by atoms with Gasteiger partial charge in [0.2, 0.25) is 5.91 Å². The van der Waals surface area contributed by atoms with E-state index < -0.39 is 0 Å². The van der Waals surface area contributed by atoms with E-state index in [1.807, 2.05) is 18.2 Å². The average Bonchev–Trinajstić information content (AvgIpc) is 2.83. The summed E-state index contributed by atoms with van der Waals surface area (Å²) in [5.41, 5.74) is 0.930. The van der Waals surface area contributed by atoms with Crippen LogP contribution in [-0.2, 0) is 11.3 Å². The Kier molecular flexibility index (Phi) is 8.15. The molecule has 1 aliphatic carbocycles. The lowest BCUT2D eigenvalue weighted by molar-refractivity contribution is -0.127. The monoisotopic (exact) mass is 412 g/mol. The van der Waals surface area contributed by atoms with Gasteiger partial charge in [-0.1, -0.05) is 38.2 Å². The molecule has 0 spiro atoms. The summed E-state index contributed by atoms with van der Waals surface area (Å²) < 4.78 is 0. The molecule has 166 valence electrons. The van der Waals surface area contributed by atoms with Crippen LogP contribution in [0.15, 0.2) is 24.4 Å². The maximum atomic E-state index is 12.7. The van der Waals surface area contributed by atoms with Gasteiger partial charge in [0, 0.05) is 18.8 Å². The Morgan fingerprint density at radius 1 is 1.00 bits per heavy atom. The molecule has 1 atom stereocenters. The van der Waals surface area contributed by atoms with Crippen molar-refractivity contribution < 1.29 is 4.79 Å². The van der Waals surface area contributed by atoms with Crippen molar-refractivity contribution in [3.05, 3.63) is 30.1 Å². The molecule has 5 heteroatoms. The van der Waals surface area contributed by atoms with Crippen LogP contribution in [0.4, 0.5) is 0 Å². The van der Waals surface area contributed by atoms with E-state index in [0.29, 0.717) is 12.6 Å². The van der Waals surface area contributed by atoms with E-state index in [-0.39, 0.29) is 11.8 Å². The van der Waals surface area contributed by atoms with Crippen LogP contribution in [0.2, 0.25) is 0 Å². The smallest absolute Gasteiger partial charge is 0.224 e. The van der Waals surface area contributed by atoms with E-state index in [1.165, 1.54) is 71.0 Å². The van der Waals surface area contributed by atoms with Gasteiger partial charge in [0.1, 0.15) is 0 Å². The largest absolute Gasteiger partial charge is 0.350 e. The molecule has 2 saturated heterocycles. The van der Waals surface area contributed by atoms with Crippen LogP contribution in [0.5, 0.6) is 0 Å². The Labute approximate surface area is 182 Å². The first-order chi connectivity index (χ1) is 14.8. The topological polar surface area (TPSA) is 48.5 Å². The quantitative estimate of drug-likeness (QED) is 0.739. The first-order valence-corrected chi connectivity index (χ1v) is 12.4. The highest BCUT2D eigenvalue weighted by atomic mass is 16.1. The summed E-state index contributed by atoms with van der Waals surface area (Å²) in [4.78, 5) is 22.3. The van der Waals surface area contributed by atoms with Crippen LogP contribution < -0.4 is 5.32 Å². The van der Waals surface area contributed by atoms with Crippen molar-refractivity contribution in [2.75, 3.05) is 32.7 Å². The van der Waals surface area contributed by atoms with Gasteiger partial charge in [0.15, 0.2) is 0 Å². The van der Waals surface area contributed by atoms with E-state index in [0.717, 1.165) is 37.5 Å². The fourth-order valence-electron chi connectivity index (χ4n) is 5.73. The van der Waals surface area contributed by atoms with Crippen LogP contribution in [0.25, 0.3) is 0 Å². The molecule has 1 aromatic rings. The predicted octanol–water partition coefficient (Wildman–Crippen LogP) is 3.84. The number of nitrogens with zero attached hydrogens (tertiary/aromatic N) is 3. The van der Waals surface area contributed by atoms with Crippen LogP contribution in [-0.4, -0.2) is 59.5 Å². The molecular weight excluding hydrogens is 372 g/mol. The molecule has 0 aromatic carbocycles. The third-order valence-corrected chi connectivity index (χ3v) is 7.65. The van der Waals surface area contributed by atoms with Gasteiger partial charge >= 0.3 is 0 Å². The van der Waals surface area contributed by atoms with Crippen LogP contribution >= 0.6 is 0 Å². The molecule has 4 rings (SSSR count). The second kappa shape index (κ2) is 11.2. The Bertz CT molecular complexity index is 638. The first kappa shape index (κ1) is 21.8. The minimum absolute atomic E-state index is 0.131. The van der Waals surface area contributed by atoms with Crippen molar-refractivity contribution >= 4 is 5.91 Å². The fourth-order valence-corrected chi connectivity index (χ4v) is 5.73. The molecule has 0 bridgehead atoms. The lowest BCUT2D eigenvalue weighted by Crippen LogP contribution is -2.50. The summed E-state index contributed by atoms with van der Waals surface area (Å²) >= 11 is 0. The number of aromatic nitrogens is 1. The summed E-state index contributed by atoms with van der Waals surface area (Å²) in [5, 5.41) is 3.11. The van der Waals surface area contributed by atoms with Gasteiger partial charge in [-0.3, -0.25) is 14.7 Å². The summed E-state index contributed by atoms with van der Waals surface area (Å²) in [6.45, 7) is 6.41. The highest BCUT2D eigenvalue weighted by Gasteiger charge is 2.31. The second-order valence-electron chi connectivity index (χ2n) is 9.74. The molecule has 0 radical (unpaired) electrons. The Morgan fingerprint density at radius 2 is 1.83 bits per heavy atom. The number of hydrogen-bond acceptors (Lipinski definition) is 4. The highest BCUT2D eigenvalue weighted by Crippen LogP contribution is 2.28. The maximum absolute atomic E-state index is 12.7. The van der Waals surface area contributed by atoms with E-state index in [2.05, 4.69) is 20.1 Å². The SMILES string of the molecule is O=C(NCc1ccccn1)[C@H]1CCCN(C2CCN(CCC3CCCCC3)CC2)C1. The number of pyridine rings is 1. The van der Waals surface area contributed by atoms with E-state index in [1.54, 1.807) is 6.20 Å². The molecule has 30 heavy (non-hydrogen) atoms.